The van der Waals surface area contributed by atoms with Crippen molar-refractivity contribution < 1.29 is 19.4 Å². The molecule has 0 radical (unpaired) electrons. The van der Waals surface area contributed by atoms with E-state index in [1.54, 1.807) is 0 Å². The molecule has 0 aliphatic heterocycles. The normalized spacial score (nSPS) is 13.6. The van der Waals surface area contributed by atoms with Crippen LogP contribution in [0.1, 0.15) is 29.0 Å². The molecule has 0 spiro atoms. The lowest BCUT2D eigenvalue weighted by atomic mass is 9.96. The van der Waals surface area contributed by atoms with Crippen molar-refractivity contribution in [2.24, 2.45) is 0 Å². The molecule has 1 unspecified atom stereocenters. The molecule has 1 aliphatic rings. The van der Waals surface area contributed by atoms with Gasteiger partial charge in [0.15, 0.2) is 6.10 Å². The summed E-state index contributed by atoms with van der Waals surface area (Å²) >= 11 is 0. The van der Waals surface area contributed by atoms with E-state index in [1.807, 2.05) is 49.1 Å². The topological polar surface area (TPSA) is 81.5 Å². The average molecular weight is 390 g/mol. The van der Waals surface area contributed by atoms with Gasteiger partial charge >= 0.3 is 5.97 Å². The van der Waals surface area contributed by atoms with Gasteiger partial charge in [0.2, 0.25) is 0 Å². The molecule has 1 aromatic carbocycles. The smallest absolute Gasteiger partial charge is 0.333 e. The lowest BCUT2D eigenvalue weighted by Crippen LogP contribution is -2.24. The molecule has 6 heteroatoms. The maximum Gasteiger partial charge on any atom is 0.333 e. The van der Waals surface area contributed by atoms with E-state index in [0.29, 0.717) is 13.0 Å². The molecular weight excluding hydrogens is 368 g/mol. The highest BCUT2D eigenvalue weighted by atomic mass is 16.5. The molecule has 148 valence electrons. The summed E-state index contributed by atoms with van der Waals surface area (Å²) in [5.41, 5.74) is 5.76. The Bertz CT molecular complexity index is 958. The van der Waals surface area contributed by atoms with Crippen molar-refractivity contribution in [1.82, 2.24) is 9.97 Å². The number of benzene rings is 1. The van der Waals surface area contributed by atoms with Gasteiger partial charge in [0, 0.05) is 44.2 Å². The maximum absolute atomic E-state index is 11.1. The summed E-state index contributed by atoms with van der Waals surface area (Å²) in [6.07, 6.45) is 7.81. The molecule has 2 heterocycles. The number of pyridine rings is 2. The number of hydrogen-bond donors (Lipinski definition) is 1. The van der Waals surface area contributed by atoms with Crippen LogP contribution in [0.4, 0.5) is 0 Å². The zero-order valence-corrected chi connectivity index (χ0v) is 16.1. The first-order valence-corrected chi connectivity index (χ1v) is 9.53. The van der Waals surface area contributed by atoms with Crippen molar-refractivity contribution in [3.8, 4) is 16.9 Å². The number of hydrogen-bond acceptors (Lipinski definition) is 5. The molecule has 1 N–H and O–H groups in total. The van der Waals surface area contributed by atoms with Crippen LogP contribution in [-0.4, -0.2) is 40.9 Å². The minimum Gasteiger partial charge on any atom is -0.494 e. The predicted octanol–water partition coefficient (Wildman–Crippen LogP) is 3.70. The van der Waals surface area contributed by atoms with Crippen LogP contribution in [0, 0.1) is 0 Å². The third-order valence-corrected chi connectivity index (χ3v) is 5.32. The molecule has 0 fully saturated rings. The van der Waals surface area contributed by atoms with Gasteiger partial charge in [-0.25, -0.2) is 4.79 Å². The monoisotopic (exact) mass is 390 g/mol. The van der Waals surface area contributed by atoms with Crippen molar-refractivity contribution in [2.45, 2.75) is 24.9 Å². The summed E-state index contributed by atoms with van der Waals surface area (Å²) in [6, 6.07) is 11.6. The molecule has 3 aromatic rings. The van der Waals surface area contributed by atoms with Crippen LogP contribution in [0.15, 0.2) is 61.2 Å². The van der Waals surface area contributed by atoms with E-state index in [9.17, 15) is 4.79 Å². The number of nitrogens with zero attached hydrogens (tertiary/aromatic N) is 2. The van der Waals surface area contributed by atoms with Crippen LogP contribution in [0.25, 0.3) is 11.1 Å². The number of aliphatic carboxylic acids is 1. The lowest BCUT2D eigenvalue weighted by Gasteiger charge is -2.14. The first-order chi connectivity index (χ1) is 14.2. The van der Waals surface area contributed by atoms with Crippen LogP contribution in [-0.2, 0) is 16.0 Å². The molecule has 1 aliphatic carbocycles. The molecular formula is C23H22N2O4. The Kier molecular flexibility index (Phi) is 5.53. The first-order valence-electron chi connectivity index (χ1n) is 9.53. The number of ether oxygens (including phenoxy) is 2. The molecule has 0 saturated heterocycles. The maximum atomic E-state index is 11.1. The summed E-state index contributed by atoms with van der Waals surface area (Å²) in [6.45, 7) is 0.558. The summed E-state index contributed by atoms with van der Waals surface area (Å²) in [5.74, 6) is 0.0162. The Hall–Kier alpha value is -3.25. The van der Waals surface area contributed by atoms with Crippen LogP contribution >= 0.6 is 0 Å². The molecule has 2 aromatic heterocycles. The van der Waals surface area contributed by atoms with E-state index < -0.39 is 12.1 Å². The van der Waals surface area contributed by atoms with Crippen molar-refractivity contribution in [3.05, 3.63) is 77.9 Å². The number of carboxylic acid groups (broad SMARTS) is 1. The highest BCUT2D eigenvalue weighted by Crippen LogP contribution is 2.45. The second kappa shape index (κ2) is 8.41. The Labute approximate surface area is 169 Å². The van der Waals surface area contributed by atoms with E-state index >= 15 is 0 Å². The fourth-order valence-corrected chi connectivity index (χ4v) is 3.84. The Morgan fingerprint density at radius 3 is 2.21 bits per heavy atom. The minimum absolute atomic E-state index is 0.222. The van der Waals surface area contributed by atoms with E-state index in [0.717, 1.165) is 17.7 Å². The summed E-state index contributed by atoms with van der Waals surface area (Å²) in [7, 11) is 1.40. The third-order valence-electron chi connectivity index (χ3n) is 5.32. The van der Waals surface area contributed by atoms with Gasteiger partial charge in [-0.15, -0.1) is 0 Å². The average Bonchev–Trinajstić information content (AvgIpc) is 3.07. The van der Waals surface area contributed by atoms with E-state index in [4.69, 9.17) is 14.6 Å². The number of fused-ring (bicyclic) bond motifs is 3. The van der Waals surface area contributed by atoms with Gasteiger partial charge in [-0.05, 0) is 58.5 Å². The Morgan fingerprint density at radius 1 is 1.03 bits per heavy atom. The number of aromatic nitrogens is 2. The molecule has 0 saturated carbocycles. The fourth-order valence-electron chi connectivity index (χ4n) is 3.84. The minimum atomic E-state index is -0.964. The zero-order valence-electron chi connectivity index (χ0n) is 16.1. The second-order valence-electron chi connectivity index (χ2n) is 7.03. The van der Waals surface area contributed by atoms with Crippen LogP contribution < -0.4 is 4.74 Å². The number of carbonyl (C=O) groups is 1. The largest absolute Gasteiger partial charge is 0.494 e. The van der Waals surface area contributed by atoms with Gasteiger partial charge in [-0.3, -0.25) is 9.97 Å². The standard InChI is InChI=1S/C23H22N2O4/c1-28-22(23(26)27)12-15-2-4-16(5-3-15)29-11-8-19-20-13-24-9-6-17(20)18-7-10-25-14-21(18)19/h2-7,9-10,13-14,19,22H,8,11-12H2,1H3,(H,26,27). The fraction of sp³-hybridized carbons (Fsp3) is 0.261. The van der Waals surface area contributed by atoms with E-state index in [2.05, 4.69) is 22.1 Å². The SMILES string of the molecule is COC(Cc1ccc(OCCC2c3cnccc3-c3ccncc32)cc1)C(=O)O. The Morgan fingerprint density at radius 2 is 1.66 bits per heavy atom. The quantitative estimate of drug-likeness (QED) is 0.632. The van der Waals surface area contributed by atoms with Crippen molar-refractivity contribution in [2.75, 3.05) is 13.7 Å². The van der Waals surface area contributed by atoms with Crippen molar-refractivity contribution >= 4 is 5.97 Å². The predicted molar refractivity (Wildman–Crippen MR) is 108 cm³/mol. The molecule has 0 amide bonds. The van der Waals surface area contributed by atoms with Gasteiger partial charge in [-0.1, -0.05) is 12.1 Å². The van der Waals surface area contributed by atoms with Gasteiger partial charge in [0.1, 0.15) is 5.75 Å². The van der Waals surface area contributed by atoms with E-state index in [-0.39, 0.29) is 5.92 Å². The van der Waals surface area contributed by atoms with Crippen molar-refractivity contribution in [1.29, 1.82) is 0 Å². The molecule has 0 bridgehead atoms. The molecule has 1 atom stereocenters. The van der Waals surface area contributed by atoms with Gasteiger partial charge in [-0.2, -0.15) is 0 Å². The molecule has 29 heavy (non-hydrogen) atoms. The second-order valence-corrected chi connectivity index (χ2v) is 7.03. The zero-order chi connectivity index (χ0) is 20.2. The Balaban J connectivity index is 1.39. The molecule has 6 nitrogen and oxygen atoms in total. The summed E-state index contributed by atoms with van der Waals surface area (Å²) < 4.78 is 10.9. The van der Waals surface area contributed by atoms with Crippen LogP contribution in [0.5, 0.6) is 5.75 Å². The highest BCUT2D eigenvalue weighted by Gasteiger charge is 2.28. The van der Waals surface area contributed by atoms with Crippen molar-refractivity contribution in [3.63, 3.8) is 0 Å². The number of carboxylic acids is 1. The van der Waals surface area contributed by atoms with Gasteiger partial charge in [0.05, 0.1) is 6.61 Å². The number of rotatable bonds is 8. The summed E-state index contributed by atoms with van der Waals surface area (Å²) in [5, 5.41) is 9.09. The van der Waals surface area contributed by atoms with Crippen LogP contribution in [0.2, 0.25) is 0 Å². The van der Waals surface area contributed by atoms with Gasteiger partial charge in [0.25, 0.3) is 0 Å². The first kappa shape index (κ1) is 19.1. The summed E-state index contributed by atoms with van der Waals surface area (Å²) in [4.78, 5) is 19.7. The molecule has 4 rings (SSSR count). The highest BCUT2D eigenvalue weighted by molar-refractivity contribution is 5.77. The number of methoxy groups -OCH3 is 1. The van der Waals surface area contributed by atoms with E-state index in [1.165, 1.54) is 29.4 Å². The van der Waals surface area contributed by atoms with Gasteiger partial charge < -0.3 is 14.6 Å². The third kappa shape index (κ3) is 3.98. The lowest BCUT2D eigenvalue weighted by molar-refractivity contribution is -0.148. The van der Waals surface area contributed by atoms with Crippen LogP contribution in [0.3, 0.4) is 0 Å².